The summed E-state index contributed by atoms with van der Waals surface area (Å²) in [5.41, 5.74) is 27.9. The lowest BCUT2D eigenvalue weighted by Crippen LogP contribution is -2.09. The Hall–Kier alpha value is -14.8. The van der Waals surface area contributed by atoms with Gasteiger partial charge in [0.25, 0.3) is 0 Å². The van der Waals surface area contributed by atoms with E-state index in [1.807, 2.05) is 0 Å². The van der Waals surface area contributed by atoms with E-state index in [0.29, 0.717) is 0 Å². The molecule has 0 N–H and O–H groups in total. The van der Waals surface area contributed by atoms with E-state index in [-0.39, 0.29) is 0 Å². The highest BCUT2D eigenvalue weighted by Gasteiger charge is 2.24. The largest absolute Gasteiger partial charge is 0.310 e. The molecular weight excluding hydrogens is 1720 g/mol. The van der Waals surface area contributed by atoms with Crippen LogP contribution in [0.4, 0.5) is 51.2 Å². The molecule has 0 aliphatic carbocycles. The molecule has 0 spiro atoms. The van der Waals surface area contributed by atoms with Crippen molar-refractivity contribution in [3.63, 3.8) is 0 Å². The Morgan fingerprint density at radius 2 is 0.480 bits per heavy atom. The Labute approximate surface area is 751 Å². The molecule has 0 aliphatic rings. The Morgan fingerprint density at radius 3 is 0.968 bits per heavy atom. The molecule has 0 unspecified atom stereocenters. The van der Waals surface area contributed by atoms with Crippen molar-refractivity contribution in [3.05, 3.63) is 493 Å². The van der Waals surface area contributed by atoms with E-state index >= 15 is 0 Å². The zero-order valence-electron chi connectivity index (χ0n) is 67.9. The fourth-order valence-electron chi connectivity index (χ4n) is 17.9. The second kappa shape index (κ2) is 34.2. The average Bonchev–Trinajstić information content (AvgIpc) is 1.58. The van der Waals surface area contributed by atoms with Crippen LogP contribution >= 0.6 is 47.8 Å². The normalized spacial score (nSPS) is 11.3. The average molecular weight is 1800 g/mol. The quantitative estimate of drug-likeness (QED) is 0.102. The van der Waals surface area contributed by atoms with Crippen molar-refractivity contribution < 1.29 is 0 Å². The molecule has 0 atom stereocenters. The fraction of sp³-hybridized carbons (Fsp3) is 0. The second-order valence-electron chi connectivity index (χ2n) is 31.2. The van der Waals surface area contributed by atoms with Gasteiger partial charge in [-0.1, -0.05) is 315 Å². The lowest BCUT2D eigenvalue weighted by molar-refractivity contribution is 1.18. The topological polar surface area (TPSA) is 24.5 Å². The predicted octanol–water partition coefficient (Wildman–Crippen LogP) is 34.4. The van der Waals surface area contributed by atoms with Gasteiger partial charge in [-0.05, 0) is 262 Å². The van der Waals surface area contributed by atoms with E-state index < -0.39 is 0 Å². The first-order valence-corrected chi connectivity index (χ1v) is 44.4. The summed E-state index contributed by atoms with van der Waals surface area (Å²) in [5.74, 6) is 0. The first-order valence-electron chi connectivity index (χ1n) is 42.0. The third kappa shape index (κ3) is 15.3. The van der Waals surface area contributed by atoms with Crippen LogP contribution < -0.4 is 14.7 Å². The van der Waals surface area contributed by atoms with Crippen molar-refractivity contribution in [1.29, 1.82) is 0 Å². The van der Waals surface area contributed by atoms with Gasteiger partial charge < -0.3 is 28.4 Å². The molecule has 0 fully saturated rings. The summed E-state index contributed by atoms with van der Waals surface area (Å²) >= 11 is 10.8. The maximum absolute atomic E-state index is 3.63. The molecule has 20 aromatic carbocycles. The van der Waals surface area contributed by atoms with Crippen LogP contribution in [-0.2, 0) is 0 Å². The van der Waals surface area contributed by atoms with Gasteiger partial charge in [-0.15, -0.1) is 0 Å². The molecular formula is C116H79Br3N6. The van der Waals surface area contributed by atoms with Crippen molar-refractivity contribution in [2.24, 2.45) is 0 Å². The third-order valence-electron chi connectivity index (χ3n) is 23.6. The number of fused-ring (bicyclic) bond motifs is 12. The van der Waals surface area contributed by atoms with Gasteiger partial charge in [0.2, 0.25) is 0 Å². The Balaban J connectivity index is 0.000000115. The molecule has 0 radical (unpaired) electrons. The Kier molecular flexibility index (Phi) is 21.2. The van der Waals surface area contributed by atoms with Crippen molar-refractivity contribution in [2.45, 2.75) is 0 Å². The maximum atomic E-state index is 3.63. The van der Waals surface area contributed by atoms with Crippen molar-refractivity contribution in [2.75, 3.05) is 14.7 Å². The lowest BCUT2D eigenvalue weighted by Gasteiger charge is -2.26. The minimum atomic E-state index is 1.07. The lowest BCUT2D eigenvalue weighted by atomic mass is 10.0. The third-order valence-corrected chi connectivity index (χ3v) is 25.1. The van der Waals surface area contributed by atoms with E-state index in [9.17, 15) is 0 Å². The van der Waals surface area contributed by atoms with Gasteiger partial charge in [0.05, 0.1) is 33.1 Å². The summed E-state index contributed by atoms with van der Waals surface area (Å²) in [5, 5.41) is 12.4. The predicted molar refractivity (Wildman–Crippen MR) is 541 cm³/mol. The number of hydrogen-bond acceptors (Lipinski definition) is 3. The molecule has 23 aromatic rings. The summed E-state index contributed by atoms with van der Waals surface area (Å²) in [7, 11) is 0. The van der Waals surface area contributed by atoms with E-state index in [1.165, 1.54) is 126 Å². The maximum Gasteiger partial charge on any atom is 0.0619 e. The number of anilines is 9. The highest BCUT2D eigenvalue weighted by Crippen LogP contribution is 2.47. The first-order chi connectivity index (χ1) is 61.7. The molecule has 0 bridgehead atoms. The summed E-state index contributed by atoms with van der Waals surface area (Å²) in [6.45, 7) is 0. The monoisotopic (exact) mass is 1790 g/mol. The summed E-state index contributed by atoms with van der Waals surface area (Å²) in [6.07, 6.45) is 0. The minimum absolute atomic E-state index is 1.07. The zero-order chi connectivity index (χ0) is 83.7. The number of hydrogen-bond donors (Lipinski definition) is 0. The van der Waals surface area contributed by atoms with E-state index in [1.54, 1.807) is 0 Å². The van der Waals surface area contributed by atoms with Gasteiger partial charge in [0, 0.05) is 119 Å². The smallest absolute Gasteiger partial charge is 0.0619 e. The van der Waals surface area contributed by atoms with Gasteiger partial charge in [0.1, 0.15) is 0 Å². The standard InChI is InChI=1S/C44H29BrN2.2C36H25BrN2/c45-35-20-14-31(15-21-35)32-16-22-37(23-17-32)46(36-11-2-1-3-12-36)39-25-27-43-42(29-39)41-26-19-33-9-6-7-13-40(33)44(41)47(43)38-24-18-30-8-4-5-10-34(30)28-38;37-28-13-9-11-26(23-28)27-12-10-18-31(24-27)38(29-14-3-1-4-15-29)32-21-22-36-34(25-32)33-19-7-8-20-35(33)39(36)30-16-5-2-6-17-30;37-28-11-9-10-27(24-28)26-18-20-31(21-19-26)38(29-12-3-1-4-13-29)32-22-23-36-34(25-32)33-16-7-8-17-35(33)39(36)30-14-5-2-6-15-30/h1-29H;2*1-25H. The molecule has 0 saturated carbocycles. The Bertz CT molecular complexity index is 7870. The highest BCUT2D eigenvalue weighted by atomic mass is 79.9. The Morgan fingerprint density at radius 1 is 0.152 bits per heavy atom. The number of aromatic nitrogens is 3. The van der Waals surface area contributed by atoms with Crippen LogP contribution in [0.25, 0.3) is 137 Å². The van der Waals surface area contributed by atoms with E-state index in [4.69, 9.17) is 0 Å². The summed E-state index contributed by atoms with van der Waals surface area (Å²) in [4.78, 5) is 7.03. The fourth-order valence-corrected chi connectivity index (χ4v) is 18.9. The molecule has 23 rings (SSSR count). The van der Waals surface area contributed by atoms with Crippen LogP contribution in [-0.4, -0.2) is 13.7 Å². The molecule has 0 amide bonds. The van der Waals surface area contributed by atoms with Crippen LogP contribution in [0.3, 0.4) is 0 Å². The molecule has 125 heavy (non-hydrogen) atoms. The second-order valence-corrected chi connectivity index (χ2v) is 34.0. The van der Waals surface area contributed by atoms with Crippen molar-refractivity contribution in [1.82, 2.24) is 13.7 Å². The number of halogens is 3. The highest BCUT2D eigenvalue weighted by molar-refractivity contribution is 9.11. The molecule has 3 heterocycles. The van der Waals surface area contributed by atoms with Gasteiger partial charge in [-0.2, -0.15) is 0 Å². The molecule has 594 valence electrons. The van der Waals surface area contributed by atoms with Crippen LogP contribution in [0, 0.1) is 0 Å². The first kappa shape index (κ1) is 77.5. The van der Waals surface area contributed by atoms with Crippen LogP contribution in [0.15, 0.2) is 493 Å². The van der Waals surface area contributed by atoms with Crippen molar-refractivity contribution in [3.8, 4) is 50.4 Å². The van der Waals surface area contributed by atoms with Gasteiger partial charge in [0.15, 0.2) is 0 Å². The minimum Gasteiger partial charge on any atom is -0.310 e. The summed E-state index contributed by atoms with van der Waals surface area (Å²) < 4.78 is 10.4. The van der Waals surface area contributed by atoms with Gasteiger partial charge in [-0.25, -0.2) is 0 Å². The molecule has 3 aromatic heterocycles. The number of nitrogens with zero attached hydrogens (tertiary/aromatic N) is 6. The van der Waals surface area contributed by atoms with Gasteiger partial charge in [-0.3, -0.25) is 0 Å². The van der Waals surface area contributed by atoms with E-state index in [2.05, 4.69) is 555 Å². The van der Waals surface area contributed by atoms with Crippen LogP contribution in [0.2, 0.25) is 0 Å². The molecule has 9 heteroatoms. The molecule has 6 nitrogen and oxygen atoms in total. The zero-order valence-corrected chi connectivity index (χ0v) is 72.7. The van der Waals surface area contributed by atoms with E-state index in [0.717, 1.165) is 76.0 Å². The summed E-state index contributed by atoms with van der Waals surface area (Å²) in [6, 6.07) is 171. The SMILES string of the molecule is Brc1ccc(-c2ccc(N(c3ccccc3)c3ccc4c(c3)c3ccc5ccccc5c3n4-c3ccc4ccccc4c3)cc2)cc1.Brc1cccc(-c2ccc(N(c3ccccc3)c3ccc4c(c3)c3ccccc3n4-c3ccccc3)cc2)c1.Brc1cccc(-c2cccc(N(c3ccccc3)c3ccc4c(c3)c3ccccc3n4-c3ccccc3)c2)c1. The number of para-hydroxylation sites is 7. The number of benzene rings is 20. The van der Waals surface area contributed by atoms with Gasteiger partial charge >= 0.3 is 0 Å². The van der Waals surface area contributed by atoms with Crippen LogP contribution in [0.5, 0.6) is 0 Å². The van der Waals surface area contributed by atoms with Crippen LogP contribution in [0.1, 0.15) is 0 Å². The molecule has 0 aliphatic heterocycles. The van der Waals surface area contributed by atoms with Crippen molar-refractivity contribution >= 4 is 186 Å². The molecule has 0 saturated heterocycles. The number of rotatable bonds is 15.